The second-order valence-electron chi connectivity index (χ2n) is 6.69. The minimum absolute atomic E-state index is 0.622. The maximum Gasteiger partial charge on any atom is 0.00106 e. The maximum atomic E-state index is 3.70. The molecule has 0 aromatic rings. The Morgan fingerprint density at radius 1 is 1.06 bits per heavy atom. The number of hydrogen-bond acceptors (Lipinski definition) is 1. The Morgan fingerprint density at radius 2 is 1.71 bits per heavy atom. The van der Waals surface area contributed by atoms with E-state index in [1.54, 1.807) is 0 Å². The maximum absolute atomic E-state index is 3.70. The van der Waals surface area contributed by atoms with Crippen molar-refractivity contribution in [3.63, 3.8) is 0 Å². The molecule has 1 rings (SSSR count). The summed E-state index contributed by atoms with van der Waals surface area (Å²) in [6.07, 6.45) is 11.5. The molecule has 1 aliphatic carbocycles. The number of rotatable bonds is 7. The molecule has 1 unspecified atom stereocenters. The van der Waals surface area contributed by atoms with Gasteiger partial charge in [0, 0.05) is 12.6 Å². The second-order valence-corrected chi connectivity index (χ2v) is 6.69. The van der Waals surface area contributed by atoms with Crippen LogP contribution in [0, 0.1) is 11.3 Å². The minimum Gasteiger partial charge on any atom is -0.314 e. The summed E-state index contributed by atoms with van der Waals surface area (Å²) in [5.41, 5.74) is 0.622. The fourth-order valence-corrected chi connectivity index (χ4v) is 3.51. The van der Waals surface area contributed by atoms with Gasteiger partial charge in [-0.25, -0.2) is 0 Å². The van der Waals surface area contributed by atoms with Gasteiger partial charge in [0.25, 0.3) is 0 Å². The summed E-state index contributed by atoms with van der Waals surface area (Å²) in [6.45, 7) is 10.6. The van der Waals surface area contributed by atoms with Crippen molar-refractivity contribution in [1.29, 1.82) is 0 Å². The standard InChI is InChI=1S/C16H33N/c1-5-9-15(4)12-16(13-17-14(2)3)10-7-6-8-11-16/h14-15,17H,5-13H2,1-4H3. The molecule has 1 nitrogen and oxygen atoms in total. The molecule has 0 aromatic heterocycles. The molecule has 0 radical (unpaired) electrons. The van der Waals surface area contributed by atoms with Crippen LogP contribution in [0.2, 0.25) is 0 Å². The molecule has 0 amide bonds. The van der Waals surface area contributed by atoms with Gasteiger partial charge in [-0.15, -0.1) is 0 Å². The summed E-state index contributed by atoms with van der Waals surface area (Å²) in [6, 6.07) is 0.635. The van der Waals surface area contributed by atoms with Gasteiger partial charge in [0.2, 0.25) is 0 Å². The van der Waals surface area contributed by atoms with Crippen molar-refractivity contribution in [2.24, 2.45) is 11.3 Å². The highest BCUT2D eigenvalue weighted by atomic mass is 14.9. The van der Waals surface area contributed by atoms with E-state index in [2.05, 4.69) is 33.0 Å². The van der Waals surface area contributed by atoms with Gasteiger partial charge in [0.1, 0.15) is 0 Å². The zero-order valence-electron chi connectivity index (χ0n) is 12.5. The molecule has 1 aliphatic rings. The van der Waals surface area contributed by atoms with Gasteiger partial charge in [-0.2, -0.15) is 0 Å². The highest BCUT2D eigenvalue weighted by molar-refractivity contribution is 4.86. The smallest absolute Gasteiger partial charge is 0.00106 e. The lowest BCUT2D eigenvalue weighted by molar-refractivity contribution is 0.135. The molecule has 102 valence electrons. The van der Waals surface area contributed by atoms with Crippen LogP contribution in [0.3, 0.4) is 0 Å². The lowest BCUT2D eigenvalue weighted by atomic mass is 9.68. The monoisotopic (exact) mass is 239 g/mol. The molecule has 1 fully saturated rings. The largest absolute Gasteiger partial charge is 0.314 e. The Hall–Kier alpha value is -0.0400. The van der Waals surface area contributed by atoms with Crippen LogP contribution in [0.4, 0.5) is 0 Å². The lowest BCUT2D eigenvalue weighted by Gasteiger charge is -2.40. The Kier molecular flexibility index (Phi) is 6.54. The zero-order valence-corrected chi connectivity index (χ0v) is 12.5. The SMILES string of the molecule is CCCC(C)CC1(CNC(C)C)CCCCC1. The highest BCUT2D eigenvalue weighted by Crippen LogP contribution is 2.41. The van der Waals surface area contributed by atoms with E-state index < -0.39 is 0 Å². The summed E-state index contributed by atoms with van der Waals surface area (Å²) in [4.78, 5) is 0. The van der Waals surface area contributed by atoms with Gasteiger partial charge in [0.15, 0.2) is 0 Å². The normalized spacial score (nSPS) is 21.7. The molecule has 0 heterocycles. The third kappa shape index (κ3) is 5.42. The van der Waals surface area contributed by atoms with Crippen LogP contribution in [0.15, 0.2) is 0 Å². The van der Waals surface area contributed by atoms with E-state index in [0.717, 1.165) is 5.92 Å². The summed E-state index contributed by atoms with van der Waals surface area (Å²) in [5, 5.41) is 3.70. The van der Waals surface area contributed by atoms with Crippen molar-refractivity contribution in [1.82, 2.24) is 5.32 Å². The molecule has 0 aromatic carbocycles. The van der Waals surface area contributed by atoms with Gasteiger partial charge in [-0.1, -0.05) is 59.8 Å². The van der Waals surface area contributed by atoms with Crippen LogP contribution in [0.1, 0.15) is 79.1 Å². The first-order chi connectivity index (χ1) is 8.08. The third-order valence-electron chi connectivity index (χ3n) is 4.36. The second kappa shape index (κ2) is 7.41. The van der Waals surface area contributed by atoms with Crippen molar-refractivity contribution in [2.45, 2.75) is 85.1 Å². The Labute approximate surface area is 109 Å². The average molecular weight is 239 g/mol. The van der Waals surface area contributed by atoms with Crippen LogP contribution >= 0.6 is 0 Å². The van der Waals surface area contributed by atoms with Crippen molar-refractivity contribution < 1.29 is 0 Å². The molecule has 17 heavy (non-hydrogen) atoms. The van der Waals surface area contributed by atoms with Crippen molar-refractivity contribution in [3.8, 4) is 0 Å². The Balaban J connectivity index is 2.51. The predicted octanol–water partition coefficient (Wildman–Crippen LogP) is 4.76. The first-order valence-electron chi connectivity index (χ1n) is 7.81. The van der Waals surface area contributed by atoms with Gasteiger partial charge in [-0.3, -0.25) is 0 Å². The summed E-state index contributed by atoms with van der Waals surface area (Å²) < 4.78 is 0. The first kappa shape index (κ1) is 15.0. The van der Waals surface area contributed by atoms with Crippen LogP contribution in [0.25, 0.3) is 0 Å². The topological polar surface area (TPSA) is 12.0 Å². The number of hydrogen-bond donors (Lipinski definition) is 1. The predicted molar refractivity (Wildman–Crippen MR) is 77.3 cm³/mol. The van der Waals surface area contributed by atoms with E-state index >= 15 is 0 Å². The van der Waals surface area contributed by atoms with E-state index in [4.69, 9.17) is 0 Å². The summed E-state index contributed by atoms with van der Waals surface area (Å²) >= 11 is 0. The average Bonchev–Trinajstić information content (AvgIpc) is 2.28. The molecule has 1 heteroatoms. The van der Waals surface area contributed by atoms with E-state index in [1.807, 2.05) is 0 Å². The van der Waals surface area contributed by atoms with Crippen molar-refractivity contribution in [2.75, 3.05) is 6.54 Å². The van der Waals surface area contributed by atoms with Crippen LogP contribution in [-0.4, -0.2) is 12.6 Å². The fraction of sp³-hybridized carbons (Fsp3) is 1.00. The minimum atomic E-state index is 0.622. The first-order valence-corrected chi connectivity index (χ1v) is 7.81. The van der Waals surface area contributed by atoms with Gasteiger partial charge < -0.3 is 5.32 Å². The zero-order chi connectivity index (χ0) is 12.7. The molecule has 0 spiro atoms. The molecule has 1 N–H and O–H groups in total. The molecule has 0 aliphatic heterocycles. The third-order valence-corrected chi connectivity index (χ3v) is 4.36. The van der Waals surface area contributed by atoms with Crippen LogP contribution in [-0.2, 0) is 0 Å². The Morgan fingerprint density at radius 3 is 2.24 bits per heavy atom. The van der Waals surface area contributed by atoms with Gasteiger partial charge in [0.05, 0.1) is 0 Å². The van der Waals surface area contributed by atoms with E-state index in [1.165, 1.54) is 57.9 Å². The summed E-state index contributed by atoms with van der Waals surface area (Å²) in [7, 11) is 0. The molecule has 1 atom stereocenters. The van der Waals surface area contributed by atoms with Crippen molar-refractivity contribution >= 4 is 0 Å². The van der Waals surface area contributed by atoms with E-state index in [-0.39, 0.29) is 0 Å². The van der Waals surface area contributed by atoms with E-state index in [0.29, 0.717) is 11.5 Å². The van der Waals surface area contributed by atoms with Crippen LogP contribution in [0.5, 0.6) is 0 Å². The van der Waals surface area contributed by atoms with Gasteiger partial charge in [-0.05, 0) is 30.6 Å². The molecular weight excluding hydrogens is 206 g/mol. The fourth-order valence-electron chi connectivity index (χ4n) is 3.51. The van der Waals surface area contributed by atoms with Crippen molar-refractivity contribution in [3.05, 3.63) is 0 Å². The summed E-state index contributed by atoms with van der Waals surface area (Å²) in [5.74, 6) is 0.909. The lowest BCUT2D eigenvalue weighted by Crippen LogP contribution is -2.40. The Bertz CT molecular complexity index is 192. The molecule has 1 saturated carbocycles. The molecular formula is C16H33N. The quantitative estimate of drug-likeness (QED) is 0.675. The van der Waals surface area contributed by atoms with E-state index in [9.17, 15) is 0 Å². The number of nitrogens with one attached hydrogen (secondary N) is 1. The van der Waals surface area contributed by atoms with Gasteiger partial charge >= 0.3 is 0 Å². The molecule has 0 saturated heterocycles. The van der Waals surface area contributed by atoms with Crippen LogP contribution < -0.4 is 5.32 Å². The molecule has 0 bridgehead atoms. The highest BCUT2D eigenvalue weighted by Gasteiger charge is 2.32.